The Morgan fingerprint density at radius 2 is 1.41 bits per heavy atom. The lowest BCUT2D eigenvalue weighted by Gasteiger charge is -2.18. The van der Waals surface area contributed by atoms with Gasteiger partial charge < -0.3 is 9.47 Å². The van der Waals surface area contributed by atoms with Crippen LogP contribution in [-0.2, 0) is 9.53 Å². The number of hydrogen-bond acceptors (Lipinski definition) is 4. The number of esters is 1. The second kappa shape index (κ2) is 9.01. The summed E-state index contributed by atoms with van der Waals surface area (Å²) >= 11 is 6.01. The van der Waals surface area contributed by atoms with Gasteiger partial charge in [-0.1, -0.05) is 84.4 Å². The second-order valence-electron chi connectivity index (χ2n) is 5.73. The number of para-hydroxylation sites is 1. The van der Waals surface area contributed by atoms with Crippen LogP contribution in [0.15, 0.2) is 84.9 Å². The zero-order valence-electron chi connectivity index (χ0n) is 14.4. The number of Topliss-reactive ketones (excluding diaryl/α,β-unsaturated/α-hetero) is 1. The number of ketones is 1. The van der Waals surface area contributed by atoms with Crippen LogP contribution in [-0.4, -0.2) is 18.4 Å². The van der Waals surface area contributed by atoms with E-state index in [1.54, 1.807) is 72.8 Å². The van der Waals surface area contributed by atoms with Crippen LogP contribution >= 0.6 is 11.6 Å². The summed E-state index contributed by atoms with van der Waals surface area (Å²) < 4.78 is 10.9. The first kappa shape index (κ1) is 18.7. The molecular weight excluding hydrogens is 364 g/mol. The summed E-state index contributed by atoms with van der Waals surface area (Å²) in [6, 6.07) is 24.4. The average molecular weight is 381 g/mol. The van der Waals surface area contributed by atoms with Crippen molar-refractivity contribution in [3.63, 3.8) is 0 Å². The van der Waals surface area contributed by atoms with Gasteiger partial charge in [-0.05, 0) is 12.1 Å². The fourth-order valence-electron chi connectivity index (χ4n) is 2.52. The maximum Gasteiger partial charge on any atom is 0.345 e. The Kier molecular flexibility index (Phi) is 6.23. The van der Waals surface area contributed by atoms with Crippen LogP contribution in [0.2, 0.25) is 5.02 Å². The number of hydrogen-bond donors (Lipinski definition) is 0. The van der Waals surface area contributed by atoms with E-state index in [9.17, 15) is 9.59 Å². The van der Waals surface area contributed by atoms with Gasteiger partial charge in [0.25, 0.3) is 0 Å². The van der Waals surface area contributed by atoms with Crippen LogP contribution in [0.25, 0.3) is 0 Å². The highest BCUT2D eigenvalue weighted by molar-refractivity contribution is 6.32. The maximum atomic E-state index is 12.9. The molecule has 0 bridgehead atoms. The molecule has 0 fully saturated rings. The van der Waals surface area contributed by atoms with Gasteiger partial charge >= 0.3 is 5.97 Å². The van der Waals surface area contributed by atoms with Crippen molar-refractivity contribution in [1.29, 1.82) is 0 Å². The van der Waals surface area contributed by atoms with Crippen molar-refractivity contribution >= 4 is 23.4 Å². The fraction of sp³-hybridized carbons (Fsp3) is 0.0909. The molecule has 1 atom stereocenters. The lowest BCUT2D eigenvalue weighted by molar-refractivity contribution is -0.149. The van der Waals surface area contributed by atoms with E-state index in [2.05, 4.69) is 0 Å². The van der Waals surface area contributed by atoms with Gasteiger partial charge in [0.05, 0.1) is 5.02 Å². The summed E-state index contributed by atoms with van der Waals surface area (Å²) in [5, 5.41) is 0.394. The molecule has 27 heavy (non-hydrogen) atoms. The molecule has 0 saturated carbocycles. The summed E-state index contributed by atoms with van der Waals surface area (Å²) in [5.41, 5.74) is 1.06. The number of rotatable bonds is 7. The first-order chi connectivity index (χ1) is 13.1. The van der Waals surface area contributed by atoms with Gasteiger partial charge in [0, 0.05) is 11.1 Å². The Morgan fingerprint density at radius 3 is 2.07 bits per heavy atom. The molecule has 0 aliphatic carbocycles. The molecule has 0 spiro atoms. The number of carbonyl (C=O) groups excluding carboxylic acids is 2. The normalized spacial score (nSPS) is 11.4. The first-order valence-electron chi connectivity index (χ1n) is 8.36. The third-order valence-corrected chi connectivity index (χ3v) is 4.14. The summed E-state index contributed by atoms with van der Waals surface area (Å²) in [6.45, 7) is -0.352. The second-order valence-corrected chi connectivity index (χ2v) is 6.14. The Balaban J connectivity index is 1.74. The van der Waals surface area contributed by atoms with Gasteiger partial charge in [0.15, 0.2) is 12.7 Å². The van der Waals surface area contributed by atoms with Crippen molar-refractivity contribution in [2.75, 3.05) is 6.61 Å². The van der Waals surface area contributed by atoms with E-state index in [0.717, 1.165) is 0 Å². The van der Waals surface area contributed by atoms with Gasteiger partial charge in [-0.2, -0.15) is 0 Å². The average Bonchev–Trinajstić information content (AvgIpc) is 2.72. The molecular formula is C22H17ClO4. The molecule has 3 rings (SSSR count). The molecule has 0 N–H and O–H groups in total. The lowest BCUT2D eigenvalue weighted by atomic mass is 10.00. The molecule has 0 radical (unpaired) electrons. The molecule has 5 heteroatoms. The van der Waals surface area contributed by atoms with Crippen molar-refractivity contribution in [2.45, 2.75) is 6.10 Å². The van der Waals surface area contributed by atoms with Crippen LogP contribution in [0.3, 0.4) is 0 Å². The molecule has 3 aromatic rings. The maximum absolute atomic E-state index is 12.9. The summed E-state index contributed by atoms with van der Waals surface area (Å²) in [7, 11) is 0. The van der Waals surface area contributed by atoms with Gasteiger partial charge in [-0.3, -0.25) is 4.79 Å². The Hall–Kier alpha value is -3.11. The van der Waals surface area contributed by atoms with E-state index in [1.165, 1.54) is 0 Å². The van der Waals surface area contributed by atoms with E-state index >= 15 is 0 Å². The van der Waals surface area contributed by atoms with Crippen molar-refractivity contribution in [1.82, 2.24) is 0 Å². The van der Waals surface area contributed by atoms with E-state index < -0.39 is 12.1 Å². The third-order valence-electron chi connectivity index (χ3n) is 3.83. The van der Waals surface area contributed by atoms with Crippen molar-refractivity contribution in [3.05, 3.63) is 101 Å². The summed E-state index contributed by atoms with van der Waals surface area (Å²) in [5.74, 6) is -0.581. The SMILES string of the molecule is O=C(COc1ccccc1Cl)OC(C(=O)c1ccccc1)c1ccccc1. The molecule has 0 aromatic heterocycles. The Morgan fingerprint density at radius 1 is 0.815 bits per heavy atom. The number of ether oxygens (including phenoxy) is 2. The predicted octanol–water partition coefficient (Wildman–Crippen LogP) is 4.89. The molecule has 0 heterocycles. The van der Waals surface area contributed by atoms with Crippen LogP contribution < -0.4 is 4.74 Å². The zero-order valence-corrected chi connectivity index (χ0v) is 15.1. The van der Waals surface area contributed by atoms with Crippen molar-refractivity contribution in [3.8, 4) is 5.75 Å². The minimum atomic E-state index is -1.05. The fourth-order valence-corrected chi connectivity index (χ4v) is 2.71. The van der Waals surface area contributed by atoms with Gasteiger partial charge in [0.2, 0.25) is 5.78 Å². The number of benzene rings is 3. The number of halogens is 1. The van der Waals surface area contributed by atoms with Gasteiger partial charge in [-0.25, -0.2) is 4.79 Å². The van der Waals surface area contributed by atoms with Crippen molar-refractivity contribution in [2.24, 2.45) is 0 Å². The molecule has 0 aliphatic heterocycles. The van der Waals surface area contributed by atoms with Crippen LogP contribution in [0.1, 0.15) is 22.0 Å². The molecule has 136 valence electrons. The number of carbonyl (C=O) groups is 2. The molecule has 4 nitrogen and oxygen atoms in total. The Bertz CT molecular complexity index is 910. The minimum Gasteiger partial charge on any atom is -0.480 e. The third kappa shape index (κ3) is 4.96. The zero-order chi connectivity index (χ0) is 19.1. The molecule has 0 aliphatic rings. The van der Waals surface area contributed by atoms with Crippen molar-refractivity contribution < 1.29 is 19.1 Å². The van der Waals surface area contributed by atoms with Crippen LogP contribution in [0, 0.1) is 0 Å². The van der Waals surface area contributed by atoms with E-state index in [1.807, 2.05) is 12.1 Å². The van der Waals surface area contributed by atoms with Crippen LogP contribution in [0.4, 0.5) is 0 Å². The summed E-state index contributed by atoms with van der Waals surface area (Å²) in [4.78, 5) is 25.2. The molecule has 3 aromatic carbocycles. The van der Waals surface area contributed by atoms with Gasteiger partial charge in [-0.15, -0.1) is 0 Å². The highest BCUT2D eigenvalue weighted by Crippen LogP contribution is 2.25. The first-order valence-corrected chi connectivity index (χ1v) is 8.74. The molecule has 0 saturated heterocycles. The van der Waals surface area contributed by atoms with Gasteiger partial charge in [0.1, 0.15) is 5.75 Å². The quantitative estimate of drug-likeness (QED) is 0.432. The van der Waals surface area contributed by atoms with E-state index in [-0.39, 0.29) is 12.4 Å². The molecule has 0 amide bonds. The topological polar surface area (TPSA) is 52.6 Å². The van der Waals surface area contributed by atoms with E-state index in [0.29, 0.717) is 21.9 Å². The summed E-state index contributed by atoms with van der Waals surface area (Å²) in [6.07, 6.45) is -1.05. The lowest BCUT2D eigenvalue weighted by Crippen LogP contribution is -2.23. The minimum absolute atomic E-state index is 0.298. The monoisotopic (exact) mass is 380 g/mol. The highest BCUT2D eigenvalue weighted by Gasteiger charge is 2.26. The van der Waals surface area contributed by atoms with E-state index in [4.69, 9.17) is 21.1 Å². The smallest absolute Gasteiger partial charge is 0.345 e. The largest absolute Gasteiger partial charge is 0.480 e. The molecule has 1 unspecified atom stereocenters. The Labute approximate surface area is 162 Å². The standard InChI is InChI=1S/C22H17ClO4/c23-18-13-7-8-14-19(18)26-15-20(24)27-22(17-11-5-2-6-12-17)21(25)16-9-3-1-4-10-16/h1-14,22H,15H2. The van der Waals surface area contributed by atoms with Crippen LogP contribution in [0.5, 0.6) is 5.75 Å². The highest BCUT2D eigenvalue weighted by atomic mass is 35.5. The predicted molar refractivity (Wildman–Crippen MR) is 103 cm³/mol.